The van der Waals surface area contributed by atoms with E-state index in [0.717, 1.165) is 27.7 Å². The number of nitrogens with one attached hydrogen (secondary N) is 1. The molecule has 0 unspecified atom stereocenters. The number of halogens is 3. The second-order valence-corrected chi connectivity index (χ2v) is 4.47. The number of hydrogen-bond acceptors (Lipinski definition) is 3. The van der Waals surface area contributed by atoms with E-state index in [2.05, 4.69) is 5.10 Å². The molecule has 122 valence electrons. The number of carboxylic acid groups (broad SMARTS) is 1. The van der Waals surface area contributed by atoms with Gasteiger partial charge in [-0.2, -0.15) is 5.10 Å². The van der Waals surface area contributed by atoms with Crippen molar-refractivity contribution in [2.24, 2.45) is 0 Å². The normalized spacial score (nSPS) is 11.5. The number of aromatic nitrogens is 3. The Bertz CT molecular complexity index is 813. The monoisotopic (exact) mass is 328 g/mol. The van der Waals surface area contributed by atoms with Crippen molar-refractivity contribution in [1.82, 2.24) is 19.7 Å². The first-order valence-corrected chi connectivity index (χ1v) is 6.27. The highest BCUT2D eigenvalue weighted by atomic mass is 19.2. The Balaban J connectivity index is 2.23. The van der Waals surface area contributed by atoms with Gasteiger partial charge >= 0.3 is 11.8 Å². The minimum absolute atomic E-state index is 0.0370. The van der Waals surface area contributed by atoms with Crippen molar-refractivity contribution in [3.8, 4) is 5.69 Å². The van der Waals surface area contributed by atoms with Crippen molar-refractivity contribution < 1.29 is 23.1 Å². The number of carbonyl (C=O) groups is 1. The van der Waals surface area contributed by atoms with E-state index in [9.17, 15) is 22.8 Å². The Hall–Kier alpha value is -3.04. The molecule has 0 atom stereocenters. The number of nitrogens with zero attached hydrogens (tertiary/aromatic N) is 3. The van der Waals surface area contributed by atoms with Gasteiger partial charge in [0.05, 0.1) is 18.6 Å². The van der Waals surface area contributed by atoms with Gasteiger partial charge in [-0.1, -0.05) is 0 Å². The third-order valence-electron chi connectivity index (χ3n) is 2.89. The first-order valence-electron chi connectivity index (χ1n) is 6.27. The maximum absolute atomic E-state index is 13.2. The molecule has 2 rings (SSSR count). The Morgan fingerprint density at radius 3 is 2.70 bits per heavy atom. The highest BCUT2D eigenvalue weighted by Gasteiger charge is 2.11. The molecule has 0 spiro atoms. The van der Waals surface area contributed by atoms with Crippen LogP contribution in [0.5, 0.6) is 0 Å². The van der Waals surface area contributed by atoms with Crippen LogP contribution in [0.2, 0.25) is 0 Å². The fourth-order valence-electron chi connectivity index (χ4n) is 1.77. The summed E-state index contributed by atoms with van der Waals surface area (Å²) in [4.78, 5) is 22.5. The lowest BCUT2D eigenvalue weighted by atomic mass is 10.3. The van der Waals surface area contributed by atoms with Crippen LogP contribution in [0.15, 0.2) is 41.2 Å². The zero-order chi connectivity index (χ0) is 17.0. The summed E-state index contributed by atoms with van der Waals surface area (Å²) in [6.07, 6.45) is -0.113. The molecular weight excluding hydrogens is 317 g/mol. The summed E-state index contributed by atoms with van der Waals surface area (Å²) in [5, 5.41) is 14.1. The van der Waals surface area contributed by atoms with E-state index >= 15 is 0 Å². The number of rotatable bonds is 5. The molecule has 1 aromatic carbocycles. The van der Waals surface area contributed by atoms with Crippen LogP contribution in [0.4, 0.5) is 18.0 Å². The zero-order valence-electron chi connectivity index (χ0n) is 11.5. The minimum Gasteiger partial charge on any atom is -0.465 e. The van der Waals surface area contributed by atoms with Crippen molar-refractivity contribution in [3.63, 3.8) is 0 Å². The Morgan fingerprint density at radius 1 is 1.35 bits per heavy atom. The molecule has 0 aliphatic rings. The Labute approximate surface area is 127 Å². The second-order valence-electron chi connectivity index (χ2n) is 4.47. The summed E-state index contributed by atoms with van der Waals surface area (Å²) >= 11 is 0. The summed E-state index contributed by atoms with van der Waals surface area (Å²) in [7, 11) is 0. The molecule has 0 fully saturated rings. The van der Waals surface area contributed by atoms with Gasteiger partial charge < -0.3 is 10.4 Å². The molecule has 0 saturated carbocycles. The van der Waals surface area contributed by atoms with Crippen LogP contribution in [0, 0.1) is 11.6 Å². The van der Waals surface area contributed by atoms with Crippen LogP contribution in [0.1, 0.15) is 0 Å². The fraction of sp³-hybridized carbons (Fsp3) is 0.154. The smallest absolute Gasteiger partial charge is 0.404 e. The molecule has 2 N–H and O–H groups in total. The third-order valence-corrected chi connectivity index (χ3v) is 2.89. The van der Waals surface area contributed by atoms with Crippen molar-refractivity contribution in [1.29, 1.82) is 0 Å². The Morgan fingerprint density at radius 2 is 2.09 bits per heavy atom. The van der Waals surface area contributed by atoms with E-state index in [1.54, 1.807) is 0 Å². The van der Waals surface area contributed by atoms with E-state index in [0.29, 0.717) is 0 Å². The van der Waals surface area contributed by atoms with Gasteiger partial charge in [-0.05, 0) is 17.7 Å². The van der Waals surface area contributed by atoms with Crippen LogP contribution in [0.25, 0.3) is 5.69 Å². The SMILES string of the molecule is O=C(O)NC/C(=C/F)Cn1ncn(-c2ccc(F)c(F)c2)c1=O. The minimum atomic E-state index is -1.34. The van der Waals surface area contributed by atoms with Gasteiger partial charge in [0.2, 0.25) is 0 Å². The average molecular weight is 328 g/mol. The zero-order valence-corrected chi connectivity index (χ0v) is 11.5. The quantitative estimate of drug-likeness (QED) is 0.869. The van der Waals surface area contributed by atoms with Gasteiger partial charge in [-0.25, -0.2) is 32.0 Å². The largest absolute Gasteiger partial charge is 0.465 e. The van der Waals surface area contributed by atoms with Crippen LogP contribution >= 0.6 is 0 Å². The summed E-state index contributed by atoms with van der Waals surface area (Å²) in [6, 6.07) is 2.86. The molecule has 0 aliphatic heterocycles. The fourth-order valence-corrected chi connectivity index (χ4v) is 1.77. The molecule has 1 amide bonds. The average Bonchev–Trinajstić information content (AvgIpc) is 2.87. The summed E-state index contributed by atoms with van der Waals surface area (Å²) in [6.45, 7) is -0.622. The lowest BCUT2D eigenvalue weighted by molar-refractivity contribution is 0.195. The predicted octanol–water partition coefficient (Wildman–Crippen LogP) is 1.43. The molecule has 23 heavy (non-hydrogen) atoms. The second kappa shape index (κ2) is 6.81. The van der Waals surface area contributed by atoms with Gasteiger partial charge in [0.1, 0.15) is 6.33 Å². The topological polar surface area (TPSA) is 89.2 Å². The lowest BCUT2D eigenvalue weighted by Gasteiger charge is -2.05. The molecule has 7 nitrogen and oxygen atoms in total. The number of hydrogen-bond donors (Lipinski definition) is 2. The van der Waals surface area contributed by atoms with E-state index in [4.69, 9.17) is 5.11 Å². The first-order chi connectivity index (χ1) is 10.9. The summed E-state index contributed by atoms with van der Waals surface area (Å²) < 4.78 is 40.6. The van der Waals surface area contributed by atoms with Crippen molar-refractivity contribution >= 4 is 6.09 Å². The van der Waals surface area contributed by atoms with Gasteiger partial charge in [-0.15, -0.1) is 0 Å². The van der Waals surface area contributed by atoms with Crippen molar-refractivity contribution in [2.45, 2.75) is 6.54 Å². The lowest BCUT2D eigenvalue weighted by Crippen LogP contribution is -2.29. The van der Waals surface area contributed by atoms with Gasteiger partial charge in [0.15, 0.2) is 11.6 Å². The molecule has 0 saturated heterocycles. The van der Waals surface area contributed by atoms with E-state index in [1.165, 1.54) is 6.07 Å². The van der Waals surface area contributed by atoms with Crippen molar-refractivity contribution in [2.75, 3.05) is 6.54 Å². The Kier molecular flexibility index (Phi) is 4.84. The summed E-state index contributed by atoms with van der Waals surface area (Å²) in [5.74, 6) is -2.19. The van der Waals surface area contributed by atoms with E-state index in [-0.39, 0.29) is 30.7 Å². The molecule has 0 bridgehead atoms. The van der Waals surface area contributed by atoms with Crippen molar-refractivity contribution in [3.05, 3.63) is 58.5 Å². The maximum atomic E-state index is 13.2. The third kappa shape index (κ3) is 3.78. The molecule has 1 aromatic heterocycles. The molecule has 0 radical (unpaired) electrons. The van der Waals surface area contributed by atoms with Crippen LogP contribution in [0.3, 0.4) is 0 Å². The number of benzene rings is 1. The van der Waals surface area contributed by atoms with Crippen LogP contribution < -0.4 is 11.0 Å². The molecule has 2 aromatic rings. The predicted molar refractivity (Wildman–Crippen MR) is 73.0 cm³/mol. The van der Waals surface area contributed by atoms with Gasteiger partial charge in [0, 0.05) is 12.6 Å². The van der Waals surface area contributed by atoms with Crippen LogP contribution in [-0.2, 0) is 6.54 Å². The molecule has 0 aliphatic carbocycles. The van der Waals surface area contributed by atoms with E-state index < -0.39 is 23.4 Å². The molecule has 1 heterocycles. The van der Waals surface area contributed by atoms with Crippen LogP contribution in [-0.4, -0.2) is 32.1 Å². The highest BCUT2D eigenvalue weighted by Crippen LogP contribution is 2.11. The molecule has 10 heteroatoms. The van der Waals surface area contributed by atoms with Gasteiger partial charge in [0.25, 0.3) is 0 Å². The van der Waals surface area contributed by atoms with Gasteiger partial charge in [-0.3, -0.25) is 0 Å². The molecular formula is C13H11F3N4O3. The highest BCUT2D eigenvalue weighted by molar-refractivity contribution is 5.64. The first kappa shape index (κ1) is 16.3. The summed E-state index contributed by atoms with van der Waals surface area (Å²) in [5.41, 5.74) is -0.703. The van der Waals surface area contributed by atoms with E-state index in [1.807, 2.05) is 5.32 Å². The maximum Gasteiger partial charge on any atom is 0.404 e. The standard InChI is InChI=1S/C13H11F3N4O3/c14-4-8(5-17-12(21)22)6-20-13(23)19(7-18-20)9-1-2-10(15)11(16)3-9/h1-4,7,17H,5-6H2,(H,21,22)/b8-4-. The number of amides is 1.